The van der Waals surface area contributed by atoms with Crippen molar-refractivity contribution in [3.05, 3.63) is 4.88 Å². The van der Waals surface area contributed by atoms with Gasteiger partial charge in [0.2, 0.25) is 0 Å². The van der Waals surface area contributed by atoms with Gasteiger partial charge in [-0.15, -0.1) is 0 Å². The highest BCUT2D eigenvalue weighted by Gasteiger charge is 2.24. The number of nitrogens with two attached hydrogens (primary N) is 1. The van der Waals surface area contributed by atoms with Gasteiger partial charge in [0.05, 0.1) is 0 Å². The van der Waals surface area contributed by atoms with Crippen molar-refractivity contribution < 1.29 is 4.79 Å². The van der Waals surface area contributed by atoms with E-state index in [2.05, 4.69) is 17.2 Å². The van der Waals surface area contributed by atoms with Gasteiger partial charge in [-0.1, -0.05) is 18.3 Å². The molecule has 6 nitrogen and oxygen atoms in total. The maximum absolute atomic E-state index is 12.4. The van der Waals surface area contributed by atoms with Gasteiger partial charge in [0.15, 0.2) is 5.13 Å². The molecule has 19 heavy (non-hydrogen) atoms. The highest BCUT2D eigenvalue weighted by molar-refractivity contribution is 7.18. The molecule has 7 heteroatoms. The number of amides is 1. The minimum atomic E-state index is 0.00708. The first-order valence-corrected chi connectivity index (χ1v) is 7.42. The molecular weight excluding hydrogens is 262 g/mol. The Labute approximate surface area is 117 Å². The van der Waals surface area contributed by atoms with Gasteiger partial charge in [-0.25, -0.2) is 4.98 Å². The molecule has 0 spiro atoms. The first kappa shape index (κ1) is 14.1. The van der Waals surface area contributed by atoms with Crippen molar-refractivity contribution >= 4 is 28.2 Å². The van der Waals surface area contributed by atoms with E-state index in [1.54, 1.807) is 0 Å². The number of piperazine rings is 1. The molecule has 2 rings (SSSR count). The quantitative estimate of drug-likeness (QED) is 0.847. The predicted octanol–water partition coefficient (Wildman–Crippen LogP) is 0.617. The molecule has 0 radical (unpaired) electrons. The number of carbonyl (C=O) groups is 1. The van der Waals surface area contributed by atoms with E-state index in [0.29, 0.717) is 10.7 Å². The van der Waals surface area contributed by atoms with Crippen LogP contribution in [0, 0.1) is 0 Å². The van der Waals surface area contributed by atoms with Gasteiger partial charge in [-0.05, 0) is 6.42 Å². The van der Waals surface area contributed by atoms with Crippen molar-refractivity contribution in [1.29, 1.82) is 0 Å². The molecule has 0 aromatic carbocycles. The summed E-state index contributed by atoms with van der Waals surface area (Å²) in [6.07, 6.45) is 1.04. The Morgan fingerprint density at radius 2 is 2.21 bits per heavy atom. The van der Waals surface area contributed by atoms with E-state index in [1.165, 1.54) is 11.3 Å². The fourth-order valence-corrected chi connectivity index (χ4v) is 3.02. The third-order valence-corrected chi connectivity index (χ3v) is 4.30. The number of hydrogen-bond donors (Lipinski definition) is 2. The van der Waals surface area contributed by atoms with Crippen molar-refractivity contribution in [2.45, 2.75) is 13.3 Å². The number of nitrogen functional groups attached to an aromatic ring is 1. The lowest BCUT2D eigenvalue weighted by Gasteiger charge is -2.26. The maximum atomic E-state index is 12.4. The highest BCUT2D eigenvalue weighted by Crippen LogP contribution is 2.28. The molecule has 1 aromatic heterocycles. The van der Waals surface area contributed by atoms with Crippen LogP contribution in [0.1, 0.15) is 23.0 Å². The average Bonchev–Trinajstić information content (AvgIpc) is 2.81. The lowest BCUT2D eigenvalue weighted by Crippen LogP contribution is -2.46. The summed E-state index contributed by atoms with van der Waals surface area (Å²) in [4.78, 5) is 21.1. The number of thiazole rings is 1. The van der Waals surface area contributed by atoms with Crippen LogP contribution in [0.15, 0.2) is 0 Å². The van der Waals surface area contributed by atoms with Gasteiger partial charge < -0.3 is 20.9 Å². The minimum Gasteiger partial charge on any atom is -0.382 e. The minimum absolute atomic E-state index is 0.00708. The van der Waals surface area contributed by atoms with Gasteiger partial charge >= 0.3 is 0 Å². The maximum Gasteiger partial charge on any atom is 0.267 e. The van der Waals surface area contributed by atoms with Gasteiger partial charge in [0.25, 0.3) is 5.91 Å². The van der Waals surface area contributed by atoms with Crippen LogP contribution in [-0.2, 0) is 0 Å². The molecule has 1 aliphatic rings. The fourth-order valence-electron chi connectivity index (χ4n) is 2.08. The summed E-state index contributed by atoms with van der Waals surface area (Å²) < 4.78 is 0. The summed E-state index contributed by atoms with van der Waals surface area (Å²) in [7, 11) is 1.97. The SMILES string of the molecule is CCCN(C)c1nc(N)c(C(=O)N2CCNCC2)s1. The summed E-state index contributed by atoms with van der Waals surface area (Å²) in [5, 5.41) is 4.05. The molecule has 3 N–H and O–H groups in total. The van der Waals surface area contributed by atoms with E-state index in [4.69, 9.17) is 5.73 Å². The Morgan fingerprint density at radius 3 is 2.84 bits per heavy atom. The topological polar surface area (TPSA) is 74.5 Å². The third kappa shape index (κ3) is 3.16. The zero-order chi connectivity index (χ0) is 13.8. The van der Waals surface area contributed by atoms with E-state index >= 15 is 0 Å². The van der Waals surface area contributed by atoms with Crippen LogP contribution in [0.3, 0.4) is 0 Å². The van der Waals surface area contributed by atoms with Gasteiger partial charge in [-0.2, -0.15) is 0 Å². The van der Waals surface area contributed by atoms with Crippen LogP contribution >= 0.6 is 11.3 Å². The molecule has 0 unspecified atom stereocenters. The van der Waals surface area contributed by atoms with Crippen molar-refractivity contribution in [2.24, 2.45) is 0 Å². The second-order valence-electron chi connectivity index (χ2n) is 4.67. The standard InChI is InChI=1S/C12H21N5OS/c1-3-6-16(2)12-15-10(13)9(19-12)11(18)17-7-4-14-5-8-17/h14H,3-8,13H2,1-2H3. The normalized spacial score (nSPS) is 15.6. The summed E-state index contributed by atoms with van der Waals surface area (Å²) in [5.41, 5.74) is 5.89. The molecule has 1 amide bonds. The van der Waals surface area contributed by atoms with E-state index in [-0.39, 0.29) is 5.91 Å². The monoisotopic (exact) mass is 283 g/mol. The van der Waals surface area contributed by atoms with Crippen LogP contribution < -0.4 is 16.0 Å². The summed E-state index contributed by atoms with van der Waals surface area (Å²) >= 11 is 1.39. The molecule has 1 aliphatic heterocycles. The molecular formula is C12H21N5OS. The molecule has 1 aromatic rings. The summed E-state index contributed by atoms with van der Waals surface area (Å²) in [5.74, 6) is 0.360. The van der Waals surface area contributed by atoms with E-state index in [9.17, 15) is 4.79 Å². The zero-order valence-electron chi connectivity index (χ0n) is 11.5. The zero-order valence-corrected chi connectivity index (χ0v) is 12.3. The van der Waals surface area contributed by atoms with Gasteiger partial charge in [0, 0.05) is 39.8 Å². The average molecular weight is 283 g/mol. The number of hydrogen-bond acceptors (Lipinski definition) is 6. The van der Waals surface area contributed by atoms with E-state index < -0.39 is 0 Å². The van der Waals surface area contributed by atoms with Crippen molar-refractivity contribution in [3.63, 3.8) is 0 Å². The van der Waals surface area contributed by atoms with Crippen molar-refractivity contribution in [2.75, 3.05) is 50.4 Å². The molecule has 0 atom stereocenters. The Balaban J connectivity index is 2.13. The van der Waals surface area contributed by atoms with Gasteiger partial charge in [0.1, 0.15) is 10.7 Å². The molecule has 0 saturated carbocycles. The Bertz CT molecular complexity index is 441. The number of nitrogens with zero attached hydrogens (tertiary/aromatic N) is 3. The smallest absolute Gasteiger partial charge is 0.267 e. The number of anilines is 2. The van der Waals surface area contributed by atoms with E-state index in [0.717, 1.165) is 44.3 Å². The van der Waals surface area contributed by atoms with Crippen LogP contribution in [-0.4, -0.2) is 55.6 Å². The number of carbonyl (C=O) groups excluding carboxylic acids is 1. The highest BCUT2D eigenvalue weighted by atomic mass is 32.1. The lowest BCUT2D eigenvalue weighted by molar-refractivity contribution is 0.0741. The molecule has 0 aliphatic carbocycles. The van der Waals surface area contributed by atoms with Gasteiger partial charge in [-0.3, -0.25) is 4.79 Å². The summed E-state index contributed by atoms with van der Waals surface area (Å²) in [6, 6.07) is 0. The van der Waals surface area contributed by atoms with Crippen LogP contribution in [0.25, 0.3) is 0 Å². The van der Waals surface area contributed by atoms with Crippen molar-refractivity contribution in [1.82, 2.24) is 15.2 Å². The fraction of sp³-hybridized carbons (Fsp3) is 0.667. The largest absolute Gasteiger partial charge is 0.382 e. The second kappa shape index (κ2) is 6.21. The first-order valence-electron chi connectivity index (χ1n) is 6.61. The number of nitrogens with one attached hydrogen (secondary N) is 1. The number of aromatic nitrogens is 1. The van der Waals surface area contributed by atoms with Crippen LogP contribution in [0.5, 0.6) is 0 Å². The first-order chi connectivity index (χ1) is 9.13. The Kier molecular flexibility index (Phi) is 4.60. The van der Waals surface area contributed by atoms with E-state index in [1.807, 2.05) is 16.8 Å². The summed E-state index contributed by atoms with van der Waals surface area (Å²) in [6.45, 7) is 6.17. The van der Waals surface area contributed by atoms with Crippen molar-refractivity contribution in [3.8, 4) is 0 Å². The Hall–Kier alpha value is -1.34. The third-order valence-electron chi connectivity index (χ3n) is 3.13. The second-order valence-corrected chi connectivity index (χ2v) is 5.65. The Morgan fingerprint density at radius 1 is 1.53 bits per heavy atom. The van der Waals surface area contributed by atoms with Crippen LogP contribution in [0.2, 0.25) is 0 Å². The molecule has 1 saturated heterocycles. The molecule has 1 fully saturated rings. The number of rotatable bonds is 4. The van der Waals surface area contributed by atoms with Crippen LogP contribution in [0.4, 0.5) is 10.9 Å². The molecule has 2 heterocycles. The molecule has 106 valence electrons. The lowest BCUT2D eigenvalue weighted by atomic mass is 10.3. The molecule has 0 bridgehead atoms. The predicted molar refractivity (Wildman–Crippen MR) is 78.9 cm³/mol.